The number of carbonyl (C=O) groups is 3. The number of aliphatic carboxylic acids is 1. The van der Waals surface area contributed by atoms with Crippen LogP contribution in [0.25, 0.3) is 0 Å². The lowest BCUT2D eigenvalue weighted by molar-refractivity contribution is -0.161. The summed E-state index contributed by atoms with van der Waals surface area (Å²) < 4.78 is 45.2. The molecule has 0 amide bonds. The Labute approximate surface area is 378 Å². The maximum absolute atomic E-state index is 12.7. The molecule has 3 unspecified atom stereocenters. The molecule has 2 rings (SSSR count). The van der Waals surface area contributed by atoms with Gasteiger partial charge in [-0.1, -0.05) is 117 Å². The molecule has 0 aliphatic heterocycles. The van der Waals surface area contributed by atoms with E-state index in [1.807, 2.05) is 0 Å². The number of carbonyl (C=O) groups excluding carboxylic acids is 2. The summed E-state index contributed by atoms with van der Waals surface area (Å²) >= 11 is 0. The molecule has 0 fully saturated rings. The van der Waals surface area contributed by atoms with Crippen LogP contribution in [0.3, 0.4) is 0 Å². The third kappa shape index (κ3) is 25.9. The van der Waals surface area contributed by atoms with Crippen molar-refractivity contribution in [1.29, 1.82) is 0 Å². The molecule has 2 heterocycles. The highest BCUT2D eigenvalue weighted by molar-refractivity contribution is 7.47. The normalized spacial score (nSPS) is 13.5. The smallest absolute Gasteiger partial charge is 0.472 e. The molecular weight excluding hydrogens is 826 g/mol. The van der Waals surface area contributed by atoms with Gasteiger partial charge in [-0.15, -0.1) is 0 Å². The SMILES string of the molecule is CCCCCc1cc(C)c(CCCCCCCCCCCCC(=O)OC(COC(=O)CCCCCCCCc2oc(CCCCC)c(C)c2C)COP(=O)(O)OCC(N)C(=O)O)o1. The predicted octanol–water partition coefficient (Wildman–Crippen LogP) is 12.1. The van der Waals surface area contributed by atoms with Crippen molar-refractivity contribution in [2.24, 2.45) is 5.73 Å². The highest BCUT2D eigenvalue weighted by atomic mass is 31.2. The van der Waals surface area contributed by atoms with Crippen molar-refractivity contribution in [3.8, 4) is 0 Å². The molecule has 0 aliphatic carbocycles. The van der Waals surface area contributed by atoms with Crippen molar-refractivity contribution in [2.45, 2.75) is 227 Å². The maximum atomic E-state index is 12.7. The first-order valence-corrected chi connectivity index (χ1v) is 25.9. The molecule has 0 saturated heterocycles. The fourth-order valence-electron chi connectivity index (χ4n) is 7.55. The Balaban J connectivity index is 1.63. The van der Waals surface area contributed by atoms with Crippen molar-refractivity contribution in [2.75, 3.05) is 19.8 Å². The minimum atomic E-state index is -4.74. The fourth-order valence-corrected chi connectivity index (χ4v) is 8.33. The Morgan fingerprint density at radius 3 is 1.57 bits per heavy atom. The molecule has 13 nitrogen and oxygen atoms in total. The standard InChI is InChI=1S/C49H84NO12P/c1-6-8-22-28-41-34-38(3)44(60-41)29-24-18-14-12-10-11-13-15-21-27-33-48(52)61-42(36-58-63(55,56)59-37-43(50)49(53)54)35-57-47(51)32-26-20-17-16-19-25-31-46-40(5)39(4)45(62-46)30-23-9-7-2/h34,42-43H,6-33,35-37,50H2,1-5H3,(H,53,54)(H,55,56). The number of phosphoric ester groups is 1. The van der Waals surface area contributed by atoms with Gasteiger partial charge in [-0.05, 0) is 82.1 Å². The van der Waals surface area contributed by atoms with Gasteiger partial charge in [0.1, 0.15) is 35.7 Å². The van der Waals surface area contributed by atoms with Crippen LogP contribution in [-0.2, 0) is 63.2 Å². The number of rotatable bonds is 40. The number of nitrogens with two attached hydrogens (primary N) is 1. The van der Waals surface area contributed by atoms with E-state index in [1.165, 1.54) is 74.5 Å². The monoisotopic (exact) mass is 910 g/mol. The fraction of sp³-hybridized carbons (Fsp3) is 0.776. The minimum Gasteiger partial charge on any atom is -0.480 e. The van der Waals surface area contributed by atoms with Gasteiger partial charge >= 0.3 is 25.7 Å². The molecule has 0 radical (unpaired) electrons. The van der Waals surface area contributed by atoms with Crippen LogP contribution >= 0.6 is 7.82 Å². The van der Waals surface area contributed by atoms with Crippen molar-refractivity contribution < 1.29 is 56.3 Å². The second-order valence-corrected chi connectivity index (χ2v) is 18.8. The van der Waals surface area contributed by atoms with Crippen LogP contribution in [0.2, 0.25) is 0 Å². The molecular formula is C49H84NO12P. The molecule has 0 spiro atoms. The summed E-state index contributed by atoms with van der Waals surface area (Å²) in [7, 11) is -4.74. The first kappa shape index (κ1) is 56.2. The van der Waals surface area contributed by atoms with Crippen LogP contribution in [-0.4, -0.2) is 59.9 Å². The molecule has 0 bridgehead atoms. The molecule has 3 atom stereocenters. The van der Waals surface area contributed by atoms with Gasteiger partial charge in [0.05, 0.1) is 13.2 Å². The topological polar surface area (TPSA) is 198 Å². The summed E-state index contributed by atoms with van der Waals surface area (Å²) in [6.45, 7) is 9.15. The van der Waals surface area contributed by atoms with Crippen LogP contribution in [0.15, 0.2) is 14.9 Å². The van der Waals surface area contributed by atoms with Gasteiger partial charge in [-0.2, -0.15) is 0 Å². The van der Waals surface area contributed by atoms with E-state index in [9.17, 15) is 23.8 Å². The van der Waals surface area contributed by atoms with Crippen LogP contribution < -0.4 is 5.73 Å². The van der Waals surface area contributed by atoms with Crippen LogP contribution in [0.4, 0.5) is 0 Å². The number of aryl methyl sites for hydroxylation is 5. The van der Waals surface area contributed by atoms with Crippen LogP contribution in [0, 0.1) is 20.8 Å². The van der Waals surface area contributed by atoms with Crippen molar-refractivity contribution in [1.82, 2.24) is 0 Å². The molecule has 0 saturated carbocycles. The number of hydrogen-bond donors (Lipinski definition) is 3. The van der Waals surface area contributed by atoms with E-state index in [2.05, 4.69) is 45.2 Å². The molecule has 0 aromatic carbocycles. The van der Waals surface area contributed by atoms with Gasteiger partial charge < -0.3 is 34.0 Å². The summed E-state index contributed by atoms with van der Waals surface area (Å²) in [5.74, 6) is 2.09. The number of ether oxygens (including phenoxy) is 2. The van der Waals surface area contributed by atoms with E-state index in [-0.39, 0.29) is 19.4 Å². The minimum absolute atomic E-state index is 0.140. The number of unbranched alkanes of at least 4 members (excludes halogenated alkanes) is 18. The Morgan fingerprint density at radius 1 is 0.603 bits per heavy atom. The average Bonchev–Trinajstić information content (AvgIpc) is 3.74. The summed E-state index contributed by atoms with van der Waals surface area (Å²) in [6.07, 6.45) is 26.8. The van der Waals surface area contributed by atoms with Gasteiger partial charge in [-0.25, -0.2) is 4.57 Å². The molecule has 2 aromatic rings. The molecule has 14 heteroatoms. The van der Waals surface area contributed by atoms with E-state index in [4.69, 9.17) is 33.7 Å². The number of furan rings is 2. The third-order valence-electron chi connectivity index (χ3n) is 11.7. The van der Waals surface area contributed by atoms with Gasteiger partial charge in [0.25, 0.3) is 0 Å². The Kier molecular flexibility index (Phi) is 29.9. The number of esters is 2. The zero-order chi connectivity index (χ0) is 46.3. The summed E-state index contributed by atoms with van der Waals surface area (Å²) in [5, 5.41) is 8.93. The first-order valence-electron chi connectivity index (χ1n) is 24.4. The van der Waals surface area contributed by atoms with Crippen molar-refractivity contribution in [3.05, 3.63) is 45.8 Å². The highest BCUT2D eigenvalue weighted by Gasteiger charge is 2.28. The number of phosphoric acid groups is 1. The number of hydrogen-bond acceptors (Lipinski definition) is 11. The van der Waals surface area contributed by atoms with E-state index in [1.54, 1.807) is 0 Å². The van der Waals surface area contributed by atoms with Crippen LogP contribution in [0.1, 0.15) is 208 Å². The average molecular weight is 910 g/mol. The first-order chi connectivity index (χ1) is 30.3. The van der Waals surface area contributed by atoms with E-state index in [0.717, 1.165) is 119 Å². The quantitative estimate of drug-likeness (QED) is 0.0324. The third-order valence-corrected chi connectivity index (χ3v) is 12.7. The number of carboxylic acid groups (broad SMARTS) is 1. The lowest BCUT2D eigenvalue weighted by Gasteiger charge is -2.20. The van der Waals surface area contributed by atoms with Crippen molar-refractivity contribution >= 4 is 25.7 Å². The van der Waals surface area contributed by atoms with Crippen LogP contribution in [0.5, 0.6) is 0 Å². The zero-order valence-electron chi connectivity index (χ0n) is 39.7. The molecule has 2 aromatic heterocycles. The molecule has 0 aliphatic rings. The second kappa shape index (κ2) is 33.5. The molecule has 4 N–H and O–H groups in total. The Hall–Kier alpha value is -2.96. The van der Waals surface area contributed by atoms with Gasteiger partial charge in [0.15, 0.2) is 6.10 Å². The van der Waals surface area contributed by atoms with E-state index < -0.39 is 51.1 Å². The largest absolute Gasteiger partial charge is 0.480 e. The van der Waals surface area contributed by atoms with Gasteiger partial charge in [-0.3, -0.25) is 23.4 Å². The lowest BCUT2D eigenvalue weighted by Crippen LogP contribution is -2.34. The molecule has 63 heavy (non-hydrogen) atoms. The van der Waals surface area contributed by atoms with E-state index >= 15 is 0 Å². The van der Waals surface area contributed by atoms with Gasteiger partial charge in [0, 0.05) is 38.5 Å². The Morgan fingerprint density at radius 2 is 1.05 bits per heavy atom. The lowest BCUT2D eigenvalue weighted by atomic mass is 10.0. The summed E-state index contributed by atoms with van der Waals surface area (Å²) in [5.41, 5.74) is 9.20. The predicted molar refractivity (Wildman–Crippen MR) is 247 cm³/mol. The van der Waals surface area contributed by atoms with Crippen molar-refractivity contribution in [3.63, 3.8) is 0 Å². The molecule has 362 valence electrons. The van der Waals surface area contributed by atoms with Gasteiger partial charge in [0.2, 0.25) is 0 Å². The Bertz CT molecular complexity index is 1600. The number of carboxylic acids is 1. The van der Waals surface area contributed by atoms with E-state index in [0.29, 0.717) is 12.8 Å². The summed E-state index contributed by atoms with van der Waals surface area (Å²) in [6, 6.07) is 0.675. The second-order valence-electron chi connectivity index (χ2n) is 17.4. The zero-order valence-corrected chi connectivity index (χ0v) is 40.5. The summed E-state index contributed by atoms with van der Waals surface area (Å²) in [4.78, 5) is 46.3. The maximum Gasteiger partial charge on any atom is 0.472 e. The highest BCUT2D eigenvalue weighted by Crippen LogP contribution is 2.43.